The zero-order valence-electron chi connectivity index (χ0n) is 10.9. The Hall–Kier alpha value is -2.08. The van der Waals surface area contributed by atoms with Crippen molar-refractivity contribution in [2.75, 3.05) is 19.5 Å². The minimum Gasteiger partial charge on any atom is -0.497 e. The van der Waals surface area contributed by atoms with Crippen molar-refractivity contribution in [2.24, 2.45) is 0 Å². The molecule has 6 heteroatoms. The van der Waals surface area contributed by atoms with Gasteiger partial charge >= 0.3 is 0 Å². The van der Waals surface area contributed by atoms with Gasteiger partial charge in [-0.15, -0.1) is 0 Å². The number of anilines is 1. The summed E-state index contributed by atoms with van der Waals surface area (Å²) in [5.41, 5.74) is 1.35. The molecule has 0 aliphatic heterocycles. The number of benzene rings is 1. The standard InChI is InChI=1S/C13H14N2O3S/c1-8-4-12(19-15-8)14-13(16)9-5-10(17-2)7-11(6-9)18-3/h4-7H,1-3H3,(H,14,16). The van der Waals surface area contributed by atoms with Gasteiger partial charge in [0, 0.05) is 11.6 Å². The maximum absolute atomic E-state index is 12.1. The van der Waals surface area contributed by atoms with E-state index in [2.05, 4.69) is 9.69 Å². The largest absolute Gasteiger partial charge is 0.497 e. The summed E-state index contributed by atoms with van der Waals surface area (Å²) < 4.78 is 14.4. The Balaban J connectivity index is 2.22. The Bertz CT molecular complexity index is 573. The summed E-state index contributed by atoms with van der Waals surface area (Å²) in [6.07, 6.45) is 0. The molecular formula is C13H14N2O3S. The van der Waals surface area contributed by atoms with E-state index in [1.54, 1.807) is 32.4 Å². The average molecular weight is 278 g/mol. The third kappa shape index (κ3) is 3.23. The van der Waals surface area contributed by atoms with E-state index in [0.717, 1.165) is 5.69 Å². The van der Waals surface area contributed by atoms with E-state index in [1.165, 1.54) is 11.5 Å². The molecule has 0 aliphatic carbocycles. The van der Waals surface area contributed by atoms with Crippen LogP contribution in [0, 0.1) is 6.92 Å². The highest BCUT2D eigenvalue weighted by molar-refractivity contribution is 7.10. The summed E-state index contributed by atoms with van der Waals surface area (Å²) in [4.78, 5) is 12.1. The molecule has 0 spiro atoms. The minimum atomic E-state index is -0.221. The van der Waals surface area contributed by atoms with Gasteiger partial charge in [-0.1, -0.05) is 0 Å². The first-order valence-electron chi connectivity index (χ1n) is 5.60. The molecule has 19 heavy (non-hydrogen) atoms. The number of hydrogen-bond acceptors (Lipinski definition) is 5. The molecule has 0 atom stereocenters. The number of nitrogens with zero attached hydrogens (tertiary/aromatic N) is 1. The molecule has 0 radical (unpaired) electrons. The van der Waals surface area contributed by atoms with Crippen LogP contribution in [0.5, 0.6) is 11.5 Å². The second kappa shape index (κ2) is 5.71. The number of methoxy groups -OCH3 is 2. The van der Waals surface area contributed by atoms with Crippen molar-refractivity contribution in [3.05, 3.63) is 35.5 Å². The number of aryl methyl sites for hydroxylation is 1. The highest BCUT2D eigenvalue weighted by Crippen LogP contribution is 2.24. The van der Waals surface area contributed by atoms with Crippen LogP contribution in [0.4, 0.5) is 5.00 Å². The number of rotatable bonds is 4. The summed E-state index contributed by atoms with van der Waals surface area (Å²) >= 11 is 1.25. The average Bonchev–Trinajstić information content (AvgIpc) is 2.83. The summed E-state index contributed by atoms with van der Waals surface area (Å²) in [5.74, 6) is 0.927. The van der Waals surface area contributed by atoms with Crippen molar-refractivity contribution in [1.82, 2.24) is 4.37 Å². The van der Waals surface area contributed by atoms with Crippen LogP contribution >= 0.6 is 11.5 Å². The van der Waals surface area contributed by atoms with Gasteiger partial charge in [0.15, 0.2) is 0 Å². The fourth-order valence-corrected chi connectivity index (χ4v) is 2.20. The van der Waals surface area contributed by atoms with Crippen molar-refractivity contribution in [3.63, 3.8) is 0 Å². The number of carbonyl (C=O) groups is 1. The van der Waals surface area contributed by atoms with Gasteiger partial charge < -0.3 is 14.8 Å². The Labute approximate surface area is 115 Å². The molecule has 2 aromatic rings. The second-order valence-electron chi connectivity index (χ2n) is 3.89. The van der Waals surface area contributed by atoms with Crippen LogP contribution in [0.1, 0.15) is 16.1 Å². The first-order chi connectivity index (χ1) is 9.12. The fraction of sp³-hybridized carbons (Fsp3) is 0.231. The quantitative estimate of drug-likeness (QED) is 0.934. The molecule has 5 nitrogen and oxygen atoms in total. The van der Waals surface area contributed by atoms with Gasteiger partial charge in [0.25, 0.3) is 5.91 Å². The Kier molecular flexibility index (Phi) is 4.01. The molecule has 0 fully saturated rings. The second-order valence-corrected chi connectivity index (χ2v) is 4.69. The van der Waals surface area contributed by atoms with Crippen molar-refractivity contribution in [2.45, 2.75) is 6.92 Å². The van der Waals surface area contributed by atoms with Crippen LogP contribution in [0.25, 0.3) is 0 Å². The van der Waals surface area contributed by atoms with Gasteiger partial charge in [-0.2, -0.15) is 4.37 Å². The number of amides is 1. The minimum absolute atomic E-state index is 0.221. The first-order valence-corrected chi connectivity index (χ1v) is 6.37. The molecule has 1 aromatic heterocycles. The molecule has 1 amide bonds. The van der Waals surface area contributed by atoms with E-state index in [9.17, 15) is 4.79 Å². The van der Waals surface area contributed by atoms with Crippen LogP contribution in [-0.2, 0) is 0 Å². The number of hydrogen-bond donors (Lipinski definition) is 1. The lowest BCUT2D eigenvalue weighted by Gasteiger charge is -2.08. The normalized spacial score (nSPS) is 10.1. The first kappa shape index (κ1) is 13.4. The highest BCUT2D eigenvalue weighted by atomic mass is 32.1. The predicted molar refractivity (Wildman–Crippen MR) is 74.4 cm³/mol. The maximum Gasteiger partial charge on any atom is 0.256 e. The van der Waals surface area contributed by atoms with Crippen molar-refractivity contribution in [3.8, 4) is 11.5 Å². The van der Waals surface area contributed by atoms with E-state index in [4.69, 9.17) is 9.47 Å². The van der Waals surface area contributed by atoms with Gasteiger partial charge in [-0.25, -0.2) is 0 Å². The number of nitrogens with one attached hydrogen (secondary N) is 1. The Morgan fingerprint density at radius 3 is 2.26 bits per heavy atom. The predicted octanol–water partition coefficient (Wildman–Crippen LogP) is 2.72. The molecule has 0 unspecified atom stereocenters. The van der Waals surface area contributed by atoms with E-state index in [-0.39, 0.29) is 5.91 Å². The number of aromatic nitrogens is 1. The number of ether oxygens (including phenoxy) is 2. The van der Waals surface area contributed by atoms with Gasteiger partial charge in [0.1, 0.15) is 16.5 Å². The Morgan fingerprint density at radius 2 is 1.79 bits per heavy atom. The summed E-state index contributed by atoms with van der Waals surface area (Å²) in [7, 11) is 3.09. The molecule has 1 N–H and O–H groups in total. The van der Waals surface area contributed by atoms with Crippen LogP contribution in [0.3, 0.4) is 0 Å². The highest BCUT2D eigenvalue weighted by Gasteiger charge is 2.11. The monoisotopic (exact) mass is 278 g/mol. The number of carbonyl (C=O) groups excluding carboxylic acids is 1. The molecule has 0 aliphatic rings. The molecule has 0 saturated carbocycles. The molecule has 0 saturated heterocycles. The molecular weight excluding hydrogens is 264 g/mol. The Morgan fingerprint density at radius 1 is 1.16 bits per heavy atom. The van der Waals surface area contributed by atoms with Gasteiger partial charge in [0.2, 0.25) is 0 Å². The lowest BCUT2D eigenvalue weighted by molar-refractivity contribution is 0.102. The van der Waals surface area contributed by atoms with E-state index >= 15 is 0 Å². The van der Waals surface area contributed by atoms with Crippen LogP contribution in [-0.4, -0.2) is 24.5 Å². The van der Waals surface area contributed by atoms with Crippen LogP contribution in [0.2, 0.25) is 0 Å². The van der Waals surface area contributed by atoms with E-state index < -0.39 is 0 Å². The maximum atomic E-state index is 12.1. The zero-order valence-corrected chi connectivity index (χ0v) is 11.7. The summed E-state index contributed by atoms with van der Waals surface area (Å²) in [6, 6.07) is 6.85. The van der Waals surface area contributed by atoms with Crippen molar-refractivity contribution < 1.29 is 14.3 Å². The van der Waals surface area contributed by atoms with E-state index in [1.807, 2.05) is 13.0 Å². The van der Waals surface area contributed by atoms with Gasteiger partial charge in [-0.3, -0.25) is 4.79 Å². The molecule has 1 aromatic carbocycles. The van der Waals surface area contributed by atoms with Crippen LogP contribution < -0.4 is 14.8 Å². The summed E-state index contributed by atoms with van der Waals surface area (Å²) in [6.45, 7) is 1.88. The third-order valence-electron chi connectivity index (χ3n) is 2.48. The van der Waals surface area contributed by atoms with E-state index in [0.29, 0.717) is 22.1 Å². The molecule has 2 rings (SSSR count). The summed E-state index contributed by atoms with van der Waals surface area (Å²) in [5, 5.41) is 3.50. The fourth-order valence-electron chi connectivity index (χ4n) is 1.55. The van der Waals surface area contributed by atoms with Crippen molar-refractivity contribution in [1.29, 1.82) is 0 Å². The lowest BCUT2D eigenvalue weighted by atomic mass is 10.2. The molecule has 100 valence electrons. The SMILES string of the molecule is COc1cc(OC)cc(C(=O)Nc2cc(C)ns2)c1. The lowest BCUT2D eigenvalue weighted by Crippen LogP contribution is -2.11. The smallest absolute Gasteiger partial charge is 0.256 e. The van der Waals surface area contributed by atoms with Crippen LogP contribution in [0.15, 0.2) is 24.3 Å². The van der Waals surface area contributed by atoms with Gasteiger partial charge in [0.05, 0.1) is 19.9 Å². The topological polar surface area (TPSA) is 60.5 Å². The van der Waals surface area contributed by atoms with Crippen molar-refractivity contribution >= 4 is 22.4 Å². The zero-order chi connectivity index (χ0) is 13.8. The third-order valence-corrected chi connectivity index (χ3v) is 3.27. The molecule has 0 bridgehead atoms. The molecule has 1 heterocycles. The van der Waals surface area contributed by atoms with Gasteiger partial charge in [-0.05, 0) is 36.7 Å².